The molecule has 5 heteroatoms. The van der Waals surface area contributed by atoms with Crippen molar-refractivity contribution in [2.24, 2.45) is 11.8 Å². The average Bonchev–Trinajstić information content (AvgIpc) is 2.72. The van der Waals surface area contributed by atoms with Crippen LogP contribution in [0, 0.1) is 11.8 Å². The highest BCUT2D eigenvalue weighted by Crippen LogP contribution is 2.29. The van der Waals surface area contributed by atoms with Crippen molar-refractivity contribution in [2.75, 3.05) is 19.6 Å². The van der Waals surface area contributed by atoms with Crippen molar-refractivity contribution < 1.29 is 9.59 Å². The Kier molecular flexibility index (Phi) is 8.10. The number of hydrogen-bond donors (Lipinski definition) is 2. The van der Waals surface area contributed by atoms with Crippen molar-refractivity contribution >= 4 is 11.8 Å². The lowest BCUT2D eigenvalue weighted by Crippen LogP contribution is -2.50. The summed E-state index contributed by atoms with van der Waals surface area (Å²) in [7, 11) is 0. The van der Waals surface area contributed by atoms with Crippen LogP contribution in [0.15, 0.2) is 30.3 Å². The Bertz CT molecular complexity index is 655. The summed E-state index contributed by atoms with van der Waals surface area (Å²) in [4.78, 5) is 26.9. The first-order valence-corrected chi connectivity index (χ1v) is 11.4. The first kappa shape index (κ1) is 21.8. The number of carbonyl (C=O) groups is 2. The Morgan fingerprint density at radius 1 is 0.966 bits per heavy atom. The minimum Gasteiger partial charge on any atom is -0.353 e. The van der Waals surface area contributed by atoms with Crippen LogP contribution in [0.2, 0.25) is 0 Å². The van der Waals surface area contributed by atoms with Crippen molar-refractivity contribution in [1.29, 1.82) is 0 Å². The van der Waals surface area contributed by atoms with E-state index in [0.717, 1.165) is 38.8 Å². The monoisotopic (exact) mass is 399 g/mol. The second kappa shape index (κ2) is 10.8. The van der Waals surface area contributed by atoms with Gasteiger partial charge in [0.2, 0.25) is 11.8 Å². The third-order valence-corrected chi connectivity index (χ3v) is 6.86. The third-order valence-electron chi connectivity index (χ3n) is 6.86. The molecule has 1 aromatic carbocycles. The summed E-state index contributed by atoms with van der Waals surface area (Å²) in [5.74, 6) is 1.53. The Hall–Kier alpha value is -1.88. The molecule has 1 heterocycles. The number of benzene rings is 1. The maximum atomic E-state index is 12.5. The van der Waals surface area contributed by atoms with Crippen LogP contribution in [-0.2, 0) is 16.0 Å². The van der Waals surface area contributed by atoms with Crippen LogP contribution in [-0.4, -0.2) is 48.4 Å². The molecule has 2 fully saturated rings. The molecule has 29 heavy (non-hydrogen) atoms. The molecule has 5 nitrogen and oxygen atoms in total. The maximum Gasteiger partial charge on any atom is 0.234 e. The van der Waals surface area contributed by atoms with Crippen LogP contribution >= 0.6 is 0 Å². The van der Waals surface area contributed by atoms with Crippen LogP contribution in [0.5, 0.6) is 0 Å². The zero-order valence-corrected chi connectivity index (χ0v) is 18.0. The molecule has 1 saturated carbocycles. The summed E-state index contributed by atoms with van der Waals surface area (Å²) in [6.45, 7) is 6.77. The number of nitrogens with one attached hydrogen (secondary N) is 2. The number of nitrogens with zero attached hydrogens (tertiary/aromatic N) is 1. The van der Waals surface area contributed by atoms with Crippen molar-refractivity contribution in [3.8, 4) is 0 Å². The predicted octanol–water partition coefficient (Wildman–Crippen LogP) is 3.14. The van der Waals surface area contributed by atoms with Crippen LogP contribution in [0.1, 0.15) is 57.9 Å². The highest BCUT2D eigenvalue weighted by molar-refractivity contribution is 5.78. The zero-order valence-electron chi connectivity index (χ0n) is 18.0. The number of amides is 2. The predicted molar refractivity (Wildman–Crippen MR) is 116 cm³/mol. The van der Waals surface area contributed by atoms with Crippen LogP contribution in [0.25, 0.3) is 0 Å². The van der Waals surface area contributed by atoms with Gasteiger partial charge in [-0.25, -0.2) is 0 Å². The van der Waals surface area contributed by atoms with E-state index in [0.29, 0.717) is 30.8 Å². The number of carbonyl (C=O) groups excluding carboxylic acids is 2. The molecule has 3 rings (SSSR count). The van der Waals surface area contributed by atoms with E-state index >= 15 is 0 Å². The number of rotatable bonds is 7. The molecule has 1 aliphatic heterocycles. The van der Waals surface area contributed by atoms with Gasteiger partial charge < -0.3 is 10.6 Å². The van der Waals surface area contributed by atoms with Gasteiger partial charge in [-0.15, -0.1) is 0 Å². The minimum atomic E-state index is 0.130. The Balaban J connectivity index is 1.32. The van der Waals surface area contributed by atoms with Crippen molar-refractivity contribution in [1.82, 2.24) is 15.5 Å². The van der Waals surface area contributed by atoms with Gasteiger partial charge in [-0.2, -0.15) is 0 Å². The van der Waals surface area contributed by atoms with Gasteiger partial charge in [0.1, 0.15) is 0 Å². The highest BCUT2D eigenvalue weighted by atomic mass is 16.2. The smallest absolute Gasteiger partial charge is 0.234 e. The fraction of sp³-hybridized carbons (Fsp3) is 0.667. The molecular formula is C24H37N3O2. The van der Waals surface area contributed by atoms with E-state index in [9.17, 15) is 9.59 Å². The number of likely N-dealkylation sites (tertiary alicyclic amines) is 1. The Labute approximate surface area is 175 Å². The summed E-state index contributed by atoms with van der Waals surface area (Å²) in [5, 5.41) is 6.44. The van der Waals surface area contributed by atoms with Gasteiger partial charge in [-0.1, -0.05) is 57.0 Å². The lowest BCUT2D eigenvalue weighted by molar-refractivity contribution is -0.125. The molecule has 2 amide bonds. The molecule has 0 aromatic heterocycles. The van der Waals surface area contributed by atoms with E-state index in [1.165, 1.54) is 18.4 Å². The topological polar surface area (TPSA) is 61.4 Å². The van der Waals surface area contributed by atoms with Crippen LogP contribution in [0.4, 0.5) is 0 Å². The first-order valence-electron chi connectivity index (χ1n) is 11.4. The van der Waals surface area contributed by atoms with E-state index in [1.54, 1.807) is 0 Å². The van der Waals surface area contributed by atoms with Gasteiger partial charge in [-0.05, 0) is 43.1 Å². The quantitative estimate of drug-likeness (QED) is 0.740. The zero-order chi connectivity index (χ0) is 20.6. The van der Waals surface area contributed by atoms with Crippen molar-refractivity contribution in [3.05, 3.63) is 35.9 Å². The van der Waals surface area contributed by atoms with Crippen LogP contribution < -0.4 is 10.6 Å². The normalized spacial score (nSPS) is 26.1. The van der Waals surface area contributed by atoms with E-state index in [1.807, 2.05) is 18.2 Å². The molecule has 0 radical (unpaired) electrons. The van der Waals surface area contributed by atoms with E-state index in [2.05, 4.69) is 41.5 Å². The molecule has 2 aliphatic rings. The Morgan fingerprint density at radius 3 is 2.41 bits per heavy atom. The molecule has 3 atom stereocenters. The lowest BCUT2D eigenvalue weighted by Gasteiger charge is -2.36. The molecule has 1 aromatic rings. The van der Waals surface area contributed by atoms with Gasteiger partial charge in [0.15, 0.2) is 0 Å². The summed E-state index contributed by atoms with van der Waals surface area (Å²) in [6, 6.07) is 10.7. The van der Waals surface area contributed by atoms with E-state index in [4.69, 9.17) is 0 Å². The summed E-state index contributed by atoms with van der Waals surface area (Å²) in [5.41, 5.74) is 1.20. The molecule has 0 bridgehead atoms. The van der Waals surface area contributed by atoms with E-state index < -0.39 is 0 Å². The summed E-state index contributed by atoms with van der Waals surface area (Å²) < 4.78 is 0. The standard InChI is InChI=1S/C24H37N3O2/c1-18-7-6-10-22(19(18)2)26-24(29)17-27-15-13-21(14-16-27)25-23(28)12-11-20-8-4-3-5-9-20/h3-5,8-9,18-19,21-22H,6-7,10-17H2,1-2H3,(H,25,28)(H,26,29). The summed E-state index contributed by atoms with van der Waals surface area (Å²) in [6.07, 6.45) is 6.75. The molecule has 1 saturated heterocycles. The van der Waals surface area contributed by atoms with Gasteiger partial charge >= 0.3 is 0 Å². The average molecular weight is 400 g/mol. The first-order chi connectivity index (χ1) is 14.0. The SMILES string of the molecule is CC1CCCC(NC(=O)CN2CCC(NC(=O)CCc3ccccc3)CC2)C1C. The maximum absolute atomic E-state index is 12.5. The second-order valence-electron chi connectivity index (χ2n) is 9.04. The number of hydrogen-bond acceptors (Lipinski definition) is 3. The number of piperidine rings is 1. The highest BCUT2D eigenvalue weighted by Gasteiger charge is 2.29. The summed E-state index contributed by atoms with van der Waals surface area (Å²) >= 11 is 0. The molecule has 0 spiro atoms. The van der Waals surface area contributed by atoms with Gasteiger partial charge in [-0.3, -0.25) is 14.5 Å². The third kappa shape index (κ3) is 6.84. The van der Waals surface area contributed by atoms with E-state index in [-0.39, 0.29) is 17.9 Å². The van der Waals surface area contributed by atoms with Gasteiger partial charge in [0.05, 0.1) is 6.54 Å². The molecule has 2 N–H and O–H groups in total. The molecule has 1 aliphatic carbocycles. The Morgan fingerprint density at radius 2 is 1.69 bits per heavy atom. The number of aryl methyl sites for hydroxylation is 1. The lowest BCUT2D eigenvalue weighted by atomic mass is 9.78. The van der Waals surface area contributed by atoms with Crippen LogP contribution in [0.3, 0.4) is 0 Å². The van der Waals surface area contributed by atoms with Crippen molar-refractivity contribution in [3.63, 3.8) is 0 Å². The minimum absolute atomic E-state index is 0.130. The second-order valence-corrected chi connectivity index (χ2v) is 9.04. The fourth-order valence-corrected chi connectivity index (χ4v) is 4.68. The molecule has 3 unspecified atom stereocenters. The van der Waals surface area contributed by atoms with Gasteiger partial charge in [0, 0.05) is 31.6 Å². The molecular weight excluding hydrogens is 362 g/mol. The fourth-order valence-electron chi connectivity index (χ4n) is 4.68. The largest absolute Gasteiger partial charge is 0.353 e. The van der Waals surface area contributed by atoms with Crippen molar-refractivity contribution in [2.45, 2.75) is 70.9 Å². The molecule has 160 valence electrons. The van der Waals surface area contributed by atoms with Gasteiger partial charge in [0.25, 0.3) is 0 Å².